The molecule has 5 nitrogen and oxygen atoms in total. The van der Waals surface area contributed by atoms with Crippen LogP contribution in [0.4, 0.5) is 5.69 Å². The first-order valence-electron chi connectivity index (χ1n) is 8.08. The van der Waals surface area contributed by atoms with E-state index >= 15 is 0 Å². The lowest BCUT2D eigenvalue weighted by Crippen LogP contribution is -2.53. The monoisotopic (exact) mass is 323 g/mol. The highest BCUT2D eigenvalue weighted by Crippen LogP contribution is 2.22. The van der Waals surface area contributed by atoms with E-state index in [4.69, 9.17) is 0 Å². The van der Waals surface area contributed by atoms with Crippen molar-refractivity contribution in [1.29, 1.82) is 0 Å². The number of carbonyl (C=O) groups is 2. The van der Waals surface area contributed by atoms with E-state index in [0.717, 1.165) is 19.5 Å². The number of hydrogen-bond acceptors (Lipinski definition) is 3. The molecule has 5 heteroatoms. The highest BCUT2D eigenvalue weighted by atomic mass is 16.2. The Bertz CT molecular complexity index is 713. The van der Waals surface area contributed by atoms with Gasteiger partial charge in [0.2, 0.25) is 5.91 Å². The lowest BCUT2D eigenvalue weighted by Gasteiger charge is -2.39. The van der Waals surface area contributed by atoms with Crippen molar-refractivity contribution >= 4 is 17.5 Å². The van der Waals surface area contributed by atoms with Gasteiger partial charge in [0.05, 0.1) is 6.04 Å². The summed E-state index contributed by atoms with van der Waals surface area (Å²) in [6.45, 7) is 1.72. The maximum absolute atomic E-state index is 12.4. The smallest absolute Gasteiger partial charge is 0.251 e. The van der Waals surface area contributed by atoms with E-state index in [1.54, 1.807) is 31.3 Å². The quantitative estimate of drug-likeness (QED) is 0.887. The summed E-state index contributed by atoms with van der Waals surface area (Å²) in [6, 6.07) is 17.0. The van der Waals surface area contributed by atoms with Crippen LogP contribution in [0.15, 0.2) is 54.6 Å². The van der Waals surface area contributed by atoms with Crippen LogP contribution in [-0.4, -0.2) is 36.3 Å². The Hall–Kier alpha value is -2.66. The van der Waals surface area contributed by atoms with Gasteiger partial charge in [0.15, 0.2) is 0 Å². The summed E-state index contributed by atoms with van der Waals surface area (Å²) in [7, 11) is 1.59. The zero-order valence-corrected chi connectivity index (χ0v) is 13.7. The lowest BCUT2D eigenvalue weighted by atomic mass is 10.0. The van der Waals surface area contributed by atoms with Gasteiger partial charge in [-0.25, -0.2) is 0 Å². The van der Waals surface area contributed by atoms with E-state index in [9.17, 15) is 9.59 Å². The molecule has 1 fully saturated rings. The Morgan fingerprint density at radius 1 is 1.08 bits per heavy atom. The molecule has 0 radical (unpaired) electrons. The first-order valence-corrected chi connectivity index (χ1v) is 8.08. The number of nitrogens with zero attached hydrogens (tertiary/aromatic N) is 1. The van der Waals surface area contributed by atoms with E-state index < -0.39 is 0 Å². The fourth-order valence-corrected chi connectivity index (χ4v) is 2.82. The number of nitrogens with one attached hydrogen (secondary N) is 2. The van der Waals surface area contributed by atoms with Crippen LogP contribution in [0, 0.1) is 0 Å². The zero-order valence-electron chi connectivity index (χ0n) is 13.7. The predicted molar refractivity (Wildman–Crippen MR) is 93.7 cm³/mol. The van der Waals surface area contributed by atoms with E-state index in [0.29, 0.717) is 11.3 Å². The molecule has 0 aromatic heterocycles. The summed E-state index contributed by atoms with van der Waals surface area (Å²) < 4.78 is 0. The van der Waals surface area contributed by atoms with E-state index in [-0.39, 0.29) is 17.9 Å². The Kier molecular flexibility index (Phi) is 4.91. The molecule has 1 aliphatic heterocycles. The van der Waals surface area contributed by atoms with Crippen LogP contribution >= 0.6 is 0 Å². The average Bonchev–Trinajstić information content (AvgIpc) is 2.59. The van der Waals surface area contributed by atoms with Crippen LogP contribution in [0.25, 0.3) is 0 Å². The zero-order chi connectivity index (χ0) is 16.9. The molecule has 1 aliphatic rings. The number of carbonyl (C=O) groups excluding carboxylic acids is 2. The summed E-state index contributed by atoms with van der Waals surface area (Å²) in [4.78, 5) is 26.1. The molecule has 1 heterocycles. The molecule has 2 aromatic rings. The molecular formula is C19H21N3O2. The van der Waals surface area contributed by atoms with Crippen molar-refractivity contribution in [2.45, 2.75) is 19.0 Å². The SMILES string of the molecule is CNC(=O)c1ccc(NC(=O)[C@H]2CCN2Cc2ccccc2)cc1. The molecule has 24 heavy (non-hydrogen) atoms. The van der Waals surface area contributed by atoms with Crippen LogP contribution in [0.2, 0.25) is 0 Å². The predicted octanol–water partition coefficient (Wildman–Crippen LogP) is 2.26. The maximum Gasteiger partial charge on any atom is 0.251 e. The molecular weight excluding hydrogens is 302 g/mol. The first kappa shape index (κ1) is 16.2. The Balaban J connectivity index is 1.57. The first-order chi connectivity index (χ1) is 11.7. The molecule has 2 amide bonds. The third-order valence-corrected chi connectivity index (χ3v) is 4.30. The molecule has 124 valence electrons. The molecule has 0 unspecified atom stereocenters. The Morgan fingerprint density at radius 3 is 2.38 bits per heavy atom. The van der Waals surface area contributed by atoms with Crippen molar-refractivity contribution in [2.24, 2.45) is 0 Å². The summed E-state index contributed by atoms with van der Waals surface area (Å²) >= 11 is 0. The largest absolute Gasteiger partial charge is 0.355 e. The number of amides is 2. The van der Waals surface area contributed by atoms with Gasteiger partial charge in [-0.1, -0.05) is 30.3 Å². The highest BCUT2D eigenvalue weighted by Gasteiger charge is 2.33. The fourth-order valence-electron chi connectivity index (χ4n) is 2.82. The summed E-state index contributed by atoms with van der Waals surface area (Å²) in [5.41, 5.74) is 2.49. The number of rotatable bonds is 5. The van der Waals surface area contributed by atoms with Gasteiger partial charge >= 0.3 is 0 Å². The number of likely N-dealkylation sites (tertiary alicyclic amines) is 1. The van der Waals surface area contributed by atoms with Crippen molar-refractivity contribution in [2.75, 3.05) is 18.9 Å². The summed E-state index contributed by atoms with van der Waals surface area (Å²) in [5, 5.41) is 5.51. The van der Waals surface area contributed by atoms with Crippen molar-refractivity contribution in [3.05, 3.63) is 65.7 Å². The van der Waals surface area contributed by atoms with Gasteiger partial charge in [0, 0.05) is 31.4 Å². The van der Waals surface area contributed by atoms with Crippen LogP contribution < -0.4 is 10.6 Å². The van der Waals surface area contributed by atoms with Gasteiger partial charge in [-0.2, -0.15) is 0 Å². The molecule has 2 aromatic carbocycles. The molecule has 0 saturated carbocycles. The maximum atomic E-state index is 12.4. The third-order valence-electron chi connectivity index (χ3n) is 4.30. The second-order valence-electron chi connectivity index (χ2n) is 5.91. The average molecular weight is 323 g/mol. The molecule has 3 rings (SSSR count). The van der Waals surface area contributed by atoms with Crippen molar-refractivity contribution in [3.8, 4) is 0 Å². The fraction of sp³-hybridized carbons (Fsp3) is 0.263. The van der Waals surface area contributed by atoms with Crippen LogP contribution in [0.3, 0.4) is 0 Å². The summed E-state index contributed by atoms with van der Waals surface area (Å²) in [6.07, 6.45) is 0.870. The van der Waals surface area contributed by atoms with Crippen molar-refractivity contribution in [1.82, 2.24) is 10.2 Å². The van der Waals surface area contributed by atoms with Crippen molar-refractivity contribution in [3.63, 3.8) is 0 Å². The second-order valence-corrected chi connectivity index (χ2v) is 5.91. The lowest BCUT2D eigenvalue weighted by molar-refractivity contribution is -0.125. The van der Waals surface area contributed by atoms with Crippen molar-refractivity contribution < 1.29 is 9.59 Å². The highest BCUT2D eigenvalue weighted by molar-refractivity contribution is 5.97. The van der Waals surface area contributed by atoms with Gasteiger partial charge in [-0.15, -0.1) is 0 Å². The van der Waals surface area contributed by atoms with Gasteiger partial charge in [-0.3, -0.25) is 14.5 Å². The van der Waals surface area contributed by atoms with Crippen LogP contribution in [0.1, 0.15) is 22.3 Å². The topological polar surface area (TPSA) is 61.4 Å². The van der Waals surface area contributed by atoms with Gasteiger partial charge in [0.1, 0.15) is 0 Å². The van der Waals surface area contributed by atoms with Gasteiger partial charge < -0.3 is 10.6 Å². The number of anilines is 1. The van der Waals surface area contributed by atoms with Crippen LogP contribution in [-0.2, 0) is 11.3 Å². The Morgan fingerprint density at radius 2 is 1.79 bits per heavy atom. The van der Waals surface area contributed by atoms with Crippen LogP contribution in [0.5, 0.6) is 0 Å². The minimum Gasteiger partial charge on any atom is -0.355 e. The second kappa shape index (κ2) is 7.27. The number of hydrogen-bond donors (Lipinski definition) is 2. The third kappa shape index (κ3) is 3.63. The summed E-state index contributed by atoms with van der Waals surface area (Å²) in [5.74, 6) is -0.134. The van der Waals surface area contributed by atoms with Gasteiger partial charge in [0.25, 0.3) is 5.91 Å². The minimum atomic E-state index is -0.138. The van der Waals surface area contributed by atoms with E-state index in [1.807, 2.05) is 18.2 Å². The van der Waals surface area contributed by atoms with E-state index in [1.165, 1.54) is 5.56 Å². The van der Waals surface area contributed by atoms with Gasteiger partial charge in [-0.05, 0) is 36.2 Å². The molecule has 0 aliphatic carbocycles. The standard InChI is InChI=1S/C19H21N3O2/c1-20-18(23)15-7-9-16(10-8-15)21-19(24)17-11-12-22(17)13-14-5-3-2-4-6-14/h2-10,17H,11-13H2,1H3,(H,20,23)(H,21,24)/t17-/m1/s1. The normalized spacial score (nSPS) is 17.0. The number of benzene rings is 2. The Labute approximate surface area is 141 Å². The minimum absolute atomic E-state index is 0.00451. The molecule has 1 saturated heterocycles. The molecule has 1 atom stereocenters. The molecule has 2 N–H and O–H groups in total. The molecule has 0 bridgehead atoms. The molecule has 0 spiro atoms. The van der Waals surface area contributed by atoms with E-state index in [2.05, 4.69) is 27.7 Å².